The fraction of sp³-hybridized carbons (Fsp3) is 0.231. The summed E-state index contributed by atoms with van der Waals surface area (Å²) in [5.74, 6) is 1.31. The normalized spacial score (nSPS) is 9.95. The second kappa shape index (κ2) is 6.44. The Morgan fingerprint density at radius 2 is 2.05 bits per heavy atom. The van der Waals surface area contributed by atoms with Crippen molar-refractivity contribution < 1.29 is 14.3 Å². The van der Waals surface area contributed by atoms with E-state index in [1.54, 1.807) is 7.11 Å². The third-order valence-electron chi connectivity index (χ3n) is 2.46. The Morgan fingerprint density at radius 1 is 1.32 bits per heavy atom. The molecule has 2 aromatic rings. The number of aromatic amines is 1. The first-order valence-corrected chi connectivity index (χ1v) is 5.83. The highest BCUT2D eigenvalue weighted by molar-refractivity contribution is 5.91. The molecule has 2 rings (SSSR count). The Hall–Kier alpha value is -2.50. The van der Waals surface area contributed by atoms with Crippen LogP contribution in [0.2, 0.25) is 0 Å². The first kappa shape index (κ1) is 12.9. The van der Waals surface area contributed by atoms with E-state index < -0.39 is 0 Å². The standard InChI is InChI=1S/C13H15N3O3/c1-18-10-2-4-11(5-3-10)19-7-6-15-13(17)12-8-14-9-16-12/h2-5,8-9H,6-7H2,1H3,(H,14,16)(H,15,17). The molecule has 0 aliphatic carbocycles. The molecule has 0 saturated heterocycles. The number of imidazole rings is 1. The summed E-state index contributed by atoms with van der Waals surface area (Å²) in [5, 5.41) is 2.72. The molecule has 2 N–H and O–H groups in total. The van der Waals surface area contributed by atoms with Crippen LogP contribution in [0.5, 0.6) is 11.5 Å². The van der Waals surface area contributed by atoms with Crippen LogP contribution < -0.4 is 14.8 Å². The maximum atomic E-state index is 11.5. The molecule has 1 aromatic carbocycles. The minimum absolute atomic E-state index is 0.198. The number of carbonyl (C=O) groups excluding carboxylic acids is 1. The molecule has 6 heteroatoms. The Bertz CT molecular complexity index is 508. The molecular formula is C13H15N3O3. The number of aromatic nitrogens is 2. The van der Waals surface area contributed by atoms with Crippen molar-refractivity contribution in [1.82, 2.24) is 15.3 Å². The van der Waals surface area contributed by atoms with Gasteiger partial charge in [-0.25, -0.2) is 4.98 Å². The smallest absolute Gasteiger partial charge is 0.269 e. The number of hydrogen-bond acceptors (Lipinski definition) is 4. The van der Waals surface area contributed by atoms with E-state index in [9.17, 15) is 4.79 Å². The number of benzene rings is 1. The van der Waals surface area contributed by atoms with Crippen LogP contribution in [-0.4, -0.2) is 36.1 Å². The Balaban J connectivity index is 1.70. The van der Waals surface area contributed by atoms with Crippen LogP contribution >= 0.6 is 0 Å². The maximum absolute atomic E-state index is 11.5. The molecule has 6 nitrogen and oxygen atoms in total. The Labute approximate surface area is 110 Å². The molecule has 0 bridgehead atoms. The molecule has 0 fully saturated rings. The highest BCUT2D eigenvalue weighted by Gasteiger charge is 2.05. The average molecular weight is 261 g/mol. The highest BCUT2D eigenvalue weighted by Crippen LogP contribution is 2.16. The summed E-state index contributed by atoms with van der Waals surface area (Å²) in [6.45, 7) is 0.816. The number of methoxy groups -OCH3 is 1. The van der Waals surface area contributed by atoms with Gasteiger partial charge in [0.05, 0.1) is 26.2 Å². The van der Waals surface area contributed by atoms with Gasteiger partial charge in [0, 0.05) is 0 Å². The van der Waals surface area contributed by atoms with Crippen LogP contribution in [0.25, 0.3) is 0 Å². The van der Waals surface area contributed by atoms with E-state index in [-0.39, 0.29) is 5.91 Å². The second-order valence-electron chi connectivity index (χ2n) is 3.75. The van der Waals surface area contributed by atoms with Gasteiger partial charge in [0.2, 0.25) is 0 Å². The van der Waals surface area contributed by atoms with Gasteiger partial charge in [-0.1, -0.05) is 0 Å². The van der Waals surface area contributed by atoms with E-state index in [2.05, 4.69) is 15.3 Å². The first-order chi connectivity index (χ1) is 9.29. The number of ether oxygens (including phenoxy) is 2. The Morgan fingerprint density at radius 3 is 2.68 bits per heavy atom. The lowest BCUT2D eigenvalue weighted by atomic mass is 10.3. The zero-order chi connectivity index (χ0) is 13.5. The molecule has 0 unspecified atom stereocenters. The van der Waals surface area contributed by atoms with E-state index >= 15 is 0 Å². The summed E-state index contributed by atoms with van der Waals surface area (Å²) in [7, 11) is 1.61. The summed E-state index contributed by atoms with van der Waals surface area (Å²) in [6.07, 6.45) is 2.93. The van der Waals surface area contributed by atoms with Crippen molar-refractivity contribution in [3.63, 3.8) is 0 Å². The fourth-order valence-electron chi connectivity index (χ4n) is 1.48. The molecule has 0 aliphatic rings. The minimum Gasteiger partial charge on any atom is -0.497 e. The van der Waals surface area contributed by atoms with Crippen LogP contribution in [-0.2, 0) is 0 Å². The van der Waals surface area contributed by atoms with Gasteiger partial charge in [0.15, 0.2) is 0 Å². The zero-order valence-corrected chi connectivity index (χ0v) is 10.6. The molecule has 0 radical (unpaired) electrons. The van der Waals surface area contributed by atoms with Crippen molar-refractivity contribution in [2.75, 3.05) is 20.3 Å². The van der Waals surface area contributed by atoms with E-state index in [0.717, 1.165) is 11.5 Å². The number of rotatable bonds is 6. The first-order valence-electron chi connectivity index (χ1n) is 5.83. The maximum Gasteiger partial charge on any atom is 0.269 e. The number of nitrogens with zero attached hydrogens (tertiary/aromatic N) is 1. The van der Waals surface area contributed by atoms with Crippen LogP contribution in [0.3, 0.4) is 0 Å². The number of carbonyl (C=O) groups is 1. The van der Waals surface area contributed by atoms with Gasteiger partial charge in [-0.05, 0) is 24.3 Å². The molecule has 0 atom stereocenters. The fourth-order valence-corrected chi connectivity index (χ4v) is 1.48. The van der Waals surface area contributed by atoms with E-state index in [0.29, 0.717) is 18.8 Å². The van der Waals surface area contributed by atoms with Gasteiger partial charge in [0.1, 0.15) is 23.8 Å². The minimum atomic E-state index is -0.198. The summed E-state index contributed by atoms with van der Waals surface area (Å²) < 4.78 is 10.5. The monoisotopic (exact) mass is 261 g/mol. The highest BCUT2D eigenvalue weighted by atomic mass is 16.5. The molecule has 0 aliphatic heterocycles. The molecule has 1 amide bonds. The largest absolute Gasteiger partial charge is 0.497 e. The van der Waals surface area contributed by atoms with Gasteiger partial charge < -0.3 is 19.8 Å². The molecular weight excluding hydrogens is 246 g/mol. The van der Waals surface area contributed by atoms with Gasteiger partial charge >= 0.3 is 0 Å². The number of hydrogen-bond donors (Lipinski definition) is 2. The number of nitrogens with one attached hydrogen (secondary N) is 2. The molecule has 0 spiro atoms. The number of H-pyrrole nitrogens is 1. The predicted molar refractivity (Wildman–Crippen MR) is 69.4 cm³/mol. The second-order valence-corrected chi connectivity index (χ2v) is 3.75. The van der Waals surface area contributed by atoms with Gasteiger partial charge in [-0.2, -0.15) is 0 Å². The lowest BCUT2D eigenvalue weighted by Gasteiger charge is -2.07. The van der Waals surface area contributed by atoms with E-state index in [1.807, 2.05) is 24.3 Å². The van der Waals surface area contributed by atoms with Crippen LogP contribution in [0, 0.1) is 0 Å². The molecule has 0 saturated carbocycles. The van der Waals surface area contributed by atoms with Crippen molar-refractivity contribution in [2.45, 2.75) is 0 Å². The van der Waals surface area contributed by atoms with Crippen LogP contribution in [0.1, 0.15) is 10.5 Å². The third kappa shape index (κ3) is 3.74. The topological polar surface area (TPSA) is 76.2 Å². The SMILES string of the molecule is COc1ccc(OCCNC(=O)c2cnc[nH]2)cc1. The summed E-state index contributed by atoms with van der Waals surface area (Å²) in [6, 6.07) is 7.27. The zero-order valence-electron chi connectivity index (χ0n) is 10.6. The summed E-state index contributed by atoms with van der Waals surface area (Å²) in [4.78, 5) is 18.1. The Kier molecular flexibility index (Phi) is 4.39. The van der Waals surface area contributed by atoms with Crippen molar-refractivity contribution in [2.24, 2.45) is 0 Å². The molecule has 100 valence electrons. The lowest BCUT2D eigenvalue weighted by molar-refractivity contribution is 0.0942. The van der Waals surface area contributed by atoms with E-state index in [4.69, 9.17) is 9.47 Å². The predicted octanol–water partition coefficient (Wildman–Crippen LogP) is 1.23. The number of amides is 1. The van der Waals surface area contributed by atoms with Gasteiger partial charge in [0.25, 0.3) is 5.91 Å². The van der Waals surface area contributed by atoms with Gasteiger partial charge in [-0.15, -0.1) is 0 Å². The average Bonchev–Trinajstić information content (AvgIpc) is 2.98. The van der Waals surface area contributed by atoms with Crippen LogP contribution in [0.15, 0.2) is 36.8 Å². The lowest BCUT2D eigenvalue weighted by Crippen LogP contribution is -2.28. The van der Waals surface area contributed by atoms with Crippen molar-refractivity contribution in [3.8, 4) is 11.5 Å². The van der Waals surface area contributed by atoms with Crippen molar-refractivity contribution in [1.29, 1.82) is 0 Å². The molecule has 1 aromatic heterocycles. The van der Waals surface area contributed by atoms with Crippen molar-refractivity contribution in [3.05, 3.63) is 42.5 Å². The third-order valence-corrected chi connectivity index (χ3v) is 2.46. The van der Waals surface area contributed by atoms with E-state index in [1.165, 1.54) is 12.5 Å². The summed E-state index contributed by atoms with van der Waals surface area (Å²) >= 11 is 0. The van der Waals surface area contributed by atoms with Crippen LogP contribution in [0.4, 0.5) is 0 Å². The quantitative estimate of drug-likeness (QED) is 0.767. The summed E-state index contributed by atoms with van der Waals surface area (Å²) in [5.41, 5.74) is 0.435. The van der Waals surface area contributed by atoms with Gasteiger partial charge in [-0.3, -0.25) is 4.79 Å². The molecule has 1 heterocycles. The molecule has 19 heavy (non-hydrogen) atoms. The van der Waals surface area contributed by atoms with Crippen molar-refractivity contribution >= 4 is 5.91 Å².